The maximum absolute atomic E-state index is 11.9. The van der Waals surface area contributed by atoms with E-state index in [0.29, 0.717) is 0 Å². The smallest absolute Gasteiger partial charge is 0.335 e. The van der Waals surface area contributed by atoms with Crippen LogP contribution in [0.1, 0.15) is 20.7 Å². The molecule has 0 saturated heterocycles. The van der Waals surface area contributed by atoms with Crippen molar-refractivity contribution in [1.29, 1.82) is 0 Å². The molecule has 0 fully saturated rings. The SMILES string of the molecule is O=C(O)c1cc(C(=O)O)cc(S(=O)(=O)OCCOCCO)c1. The van der Waals surface area contributed by atoms with Gasteiger partial charge in [-0.1, -0.05) is 0 Å². The first kappa shape index (κ1) is 18.0. The monoisotopic (exact) mass is 334 g/mol. The molecule has 3 N–H and O–H groups in total. The van der Waals surface area contributed by atoms with Crippen molar-refractivity contribution in [3.63, 3.8) is 0 Å². The van der Waals surface area contributed by atoms with E-state index in [-0.39, 0.29) is 26.4 Å². The summed E-state index contributed by atoms with van der Waals surface area (Å²) in [5.74, 6) is -2.93. The molecule has 0 spiro atoms. The van der Waals surface area contributed by atoms with Gasteiger partial charge < -0.3 is 20.1 Å². The third-order valence-electron chi connectivity index (χ3n) is 2.39. The van der Waals surface area contributed by atoms with Gasteiger partial charge in [0.1, 0.15) is 0 Å². The second-order valence-electron chi connectivity index (χ2n) is 3.97. The van der Waals surface area contributed by atoms with E-state index >= 15 is 0 Å². The molecule has 0 aromatic heterocycles. The quantitative estimate of drug-likeness (QED) is 0.412. The number of aliphatic hydroxyl groups excluding tert-OH is 1. The van der Waals surface area contributed by atoms with E-state index in [9.17, 15) is 18.0 Å². The van der Waals surface area contributed by atoms with Gasteiger partial charge in [-0.15, -0.1) is 0 Å². The maximum atomic E-state index is 11.9. The number of carbonyl (C=O) groups is 2. The summed E-state index contributed by atoms with van der Waals surface area (Å²) in [5.41, 5.74) is -0.975. The summed E-state index contributed by atoms with van der Waals surface area (Å²) in [7, 11) is -4.33. The molecule has 1 aromatic rings. The predicted octanol–water partition coefficient (Wildman–Crippen LogP) is -0.203. The maximum Gasteiger partial charge on any atom is 0.335 e. The molecule has 10 heteroatoms. The van der Waals surface area contributed by atoms with Crippen LogP contribution in [0.25, 0.3) is 0 Å². The third kappa shape index (κ3) is 5.07. The highest BCUT2D eigenvalue weighted by molar-refractivity contribution is 7.86. The summed E-state index contributed by atoms with van der Waals surface area (Å²) in [6, 6.07) is 2.45. The summed E-state index contributed by atoms with van der Waals surface area (Å²) >= 11 is 0. The fraction of sp³-hybridized carbons (Fsp3) is 0.333. The summed E-state index contributed by atoms with van der Waals surface area (Å²) in [6.45, 7) is -0.678. The minimum Gasteiger partial charge on any atom is -0.478 e. The lowest BCUT2D eigenvalue weighted by molar-refractivity contribution is 0.0696. The number of benzene rings is 1. The minimum atomic E-state index is -4.33. The zero-order valence-electron chi connectivity index (χ0n) is 11.3. The van der Waals surface area contributed by atoms with Crippen LogP contribution in [0, 0.1) is 0 Å². The molecule has 1 rings (SSSR count). The molecular weight excluding hydrogens is 320 g/mol. The lowest BCUT2D eigenvalue weighted by atomic mass is 10.1. The molecule has 0 unspecified atom stereocenters. The summed E-state index contributed by atoms with van der Waals surface area (Å²) in [4.78, 5) is 21.3. The van der Waals surface area contributed by atoms with Gasteiger partial charge in [0.15, 0.2) is 0 Å². The van der Waals surface area contributed by atoms with Crippen LogP contribution >= 0.6 is 0 Å². The number of hydrogen-bond acceptors (Lipinski definition) is 7. The van der Waals surface area contributed by atoms with E-state index in [1.165, 1.54) is 0 Å². The average molecular weight is 334 g/mol. The fourth-order valence-electron chi connectivity index (χ4n) is 1.43. The van der Waals surface area contributed by atoms with E-state index in [1.807, 2.05) is 0 Å². The number of carboxylic acid groups (broad SMARTS) is 2. The summed E-state index contributed by atoms with van der Waals surface area (Å²) < 4.78 is 33.2. The number of ether oxygens (including phenoxy) is 1. The van der Waals surface area contributed by atoms with Gasteiger partial charge in [-0.2, -0.15) is 8.42 Å². The van der Waals surface area contributed by atoms with Gasteiger partial charge in [0.2, 0.25) is 0 Å². The highest BCUT2D eigenvalue weighted by atomic mass is 32.2. The van der Waals surface area contributed by atoms with Crippen molar-refractivity contribution in [2.45, 2.75) is 4.90 Å². The van der Waals surface area contributed by atoms with Crippen molar-refractivity contribution in [2.75, 3.05) is 26.4 Å². The third-order valence-corrected chi connectivity index (χ3v) is 3.68. The Morgan fingerprint density at radius 2 is 1.50 bits per heavy atom. The van der Waals surface area contributed by atoms with Crippen LogP contribution in [0.4, 0.5) is 0 Å². The van der Waals surface area contributed by atoms with E-state index in [1.54, 1.807) is 0 Å². The Kier molecular flexibility index (Phi) is 6.43. The van der Waals surface area contributed by atoms with Crippen molar-refractivity contribution in [2.24, 2.45) is 0 Å². The number of aromatic carboxylic acids is 2. The van der Waals surface area contributed by atoms with Gasteiger partial charge in [0.25, 0.3) is 10.1 Å². The highest BCUT2D eigenvalue weighted by Gasteiger charge is 2.20. The van der Waals surface area contributed by atoms with Crippen LogP contribution < -0.4 is 0 Å². The molecule has 0 heterocycles. The van der Waals surface area contributed by atoms with Gasteiger partial charge in [-0.05, 0) is 18.2 Å². The van der Waals surface area contributed by atoms with Crippen LogP contribution in [0.5, 0.6) is 0 Å². The Morgan fingerprint density at radius 1 is 0.955 bits per heavy atom. The molecule has 0 radical (unpaired) electrons. The lowest BCUT2D eigenvalue weighted by Crippen LogP contribution is -2.14. The van der Waals surface area contributed by atoms with Crippen molar-refractivity contribution in [1.82, 2.24) is 0 Å². The van der Waals surface area contributed by atoms with E-state index in [2.05, 4.69) is 4.18 Å². The molecule has 122 valence electrons. The lowest BCUT2D eigenvalue weighted by Gasteiger charge is -2.08. The van der Waals surface area contributed by atoms with Gasteiger partial charge in [-0.3, -0.25) is 4.18 Å². The zero-order valence-corrected chi connectivity index (χ0v) is 12.1. The number of carboxylic acids is 2. The van der Waals surface area contributed by atoms with Crippen molar-refractivity contribution >= 4 is 22.1 Å². The Balaban J connectivity index is 2.98. The van der Waals surface area contributed by atoms with Gasteiger partial charge in [0, 0.05) is 0 Å². The Morgan fingerprint density at radius 3 is 1.95 bits per heavy atom. The molecule has 0 aliphatic heterocycles. The normalized spacial score (nSPS) is 11.3. The highest BCUT2D eigenvalue weighted by Crippen LogP contribution is 2.18. The Labute approximate surface area is 125 Å². The van der Waals surface area contributed by atoms with Crippen LogP contribution in [-0.2, 0) is 19.0 Å². The van der Waals surface area contributed by atoms with Gasteiger partial charge in [0.05, 0.1) is 42.4 Å². The molecule has 0 amide bonds. The minimum absolute atomic E-state index is 0.0149. The van der Waals surface area contributed by atoms with Crippen LogP contribution in [0.3, 0.4) is 0 Å². The Hall–Kier alpha value is -2.01. The predicted molar refractivity (Wildman–Crippen MR) is 71.4 cm³/mol. The average Bonchev–Trinajstić information content (AvgIpc) is 2.46. The van der Waals surface area contributed by atoms with E-state index in [4.69, 9.17) is 20.1 Å². The molecule has 0 aliphatic rings. The molecule has 0 atom stereocenters. The fourth-order valence-corrected chi connectivity index (χ4v) is 2.39. The molecule has 9 nitrogen and oxygen atoms in total. The molecule has 0 aliphatic carbocycles. The second kappa shape index (κ2) is 7.84. The molecule has 0 bridgehead atoms. The van der Waals surface area contributed by atoms with Crippen molar-refractivity contribution in [3.05, 3.63) is 29.3 Å². The first-order chi connectivity index (χ1) is 10.3. The van der Waals surface area contributed by atoms with Crippen LogP contribution in [0.2, 0.25) is 0 Å². The molecule has 1 aromatic carbocycles. The van der Waals surface area contributed by atoms with Gasteiger partial charge in [-0.25, -0.2) is 9.59 Å². The molecule has 22 heavy (non-hydrogen) atoms. The number of rotatable bonds is 9. The largest absolute Gasteiger partial charge is 0.478 e. The van der Waals surface area contributed by atoms with Crippen molar-refractivity contribution in [3.8, 4) is 0 Å². The first-order valence-corrected chi connectivity index (χ1v) is 7.38. The number of aliphatic hydroxyl groups is 1. The van der Waals surface area contributed by atoms with Crippen LogP contribution in [0.15, 0.2) is 23.1 Å². The zero-order chi connectivity index (χ0) is 16.8. The number of hydrogen-bond donors (Lipinski definition) is 3. The van der Waals surface area contributed by atoms with E-state index < -0.39 is 38.1 Å². The summed E-state index contributed by atoms with van der Waals surface area (Å²) in [6.07, 6.45) is 0. The van der Waals surface area contributed by atoms with E-state index in [0.717, 1.165) is 18.2 Å². The standard InChI is InChI=1S/C12H14O9S/c13-1-2-20-3-4-21-22(18,19)10-6-8(11(14)15)5-9(7-10)12(16)17/h5-7,13H,1-4H2,(H,14,15)(H,16,17). The molecular formula is C12H14O9S. The van der Waals surface area contributed by atoms with Crippen LogP contribution in [-0.4, -0.2) is 62.1 Å². The molecule has 0 saturated carbocycles. The van der Waals surface area contributed by atoms with Crippen molar-refractivity contribution < 1.29 is 42.2 Å². The summed E-state index contributed by atoms with van der Waals surface area (Å²) in [5, 5.41) is 26.2. The second-order valence-corrected chi connectivity index (χ2v) is 5.58. The van der Waals surface area contributed by atoms with Gasteiger partial charge >= 0.3 is 11.9 Å². The Bertz CT molecular complexity index is 618. The topological polar surface area (TPSA) is 147 Å². The first-order valence-electron chi connectivity index (χ1n) is 5.97.